The Bertz CT molecular complexity index is 465. The molecule has 4 rings (SSSR count). The third-order valence-corrected chi connectivity index (χ3v) is 3.72. The van der Waals surface area contributed by atoms with Crippen LogP contribution in [0.3, 0.4) is 0 Å². The monoisotopic (exact) mass is 280 g/mol. The largest absolute Gasteiger partial charge is 0.334 e. The van der Waals surface area contributed by atoms with Gasteiger partial charge >= 0.3 is 0 Å². The summed E-state index contributed by atoms with van der Waals surface area (Å²) in [7, 11) is 0. The van der Waals surface area contributed by atoms with Crippen molar-refractivity contribution in [1.82, 2.24) is 19.1 Å². The second-order valence-electron chi connectivity index (χ2n) is 4.62. The molecule has 96 valence electrons. The highest BCUT2D eigenvalue weighted by molar-refractivity contribution is 7.80. The lowest BCUT2D eigenvalue weighted by atomic mass is 10.4. The molecule has 6 heteroatoms. The van der Waals surface area contributed by atoms with Gasteiger partial charge in [-0.25, -0.2) is 9.97 Å². The van der Waals surface area contributed by atoms with Crippen molar-refractivity contribution in [1.29, 1.82) is 0 Å². The minimum atomic E-state index is 0.852. The topological polar surface area (TPSA) is 35.6 Å². The Morgan fingerprint density at radius 2 is 1.28 bits per heavy atom. The average Bonchev–Trinajstić information content (AvgIpc) is 2.97. The number of rotatable bonds is 0. The second kappa shape index (κ2) is 5.01. The molecule has 0 radical (unpaired) electrons. The molecule has 2 aromatic heterocycles. The lowest BCUT2D eigenvalue weighted by molar-refractivity contribution is 0.745. The number of aromatic nitrogens is 4. The highest BCUT2D eigenvalue weighted by Crippen LogP contribution is 2.16. The molecule has 18 heavy (non-hydrogen) atoms. The SMILES string of the molecule is Sc1cn2c(n1)CCC2.Sc1cn2c(n1)CCC2. The van der Waals surface area contributed by atoms with E-state index in [0.717, 1.165) is 36.0 Å². The van der Waals surface area contributed by atoms with Gasteiger partial charge in [0.25, 0.3) is 0 Å². The van der Waals surface area contributed by atoms with Crippen LogP contribution >= 0.6 is 25.3 Å². The van der Waals surface area contributed by atoms with Crippen molar-refractivity contribution in [2.75, 3.05) is 0 Å². The Kier molecular flexibility index (Phi) is 3.39. The van der Waals surface area contributed by atoms with E-state index in [1.54, 1.807) is 0 Å². The normalized spacial score (nSPS) is 16.1. The number of hydrogen-bond acceptors (Lipinski definition) is 4. The lowest BCUT2D eigenvalue weighted by Gasteiger charge is -1.88. The summed E-state index contributed by atoms with van der Waals surface area (Å²) in [5.74, 6) is 2.39. The van der Waals surface area contributed by atoms with Gasteiger partial charge in [0, 0.05) is 38.3 Å². The van der Waals surface area contributed by atoms with Gasteiger partial charge in [-0.1, -0.05) is 0 Å². The number of hydrogen-bond donors (Lipinski definition) is 2. The van der Waals surface area contributed by atoms with Gasteiger partial charge in [-0.05, 0) is 12.8 Å². The van der Waals surface area contributed by atoms with Gasteiger partial charge in [-0.15, -0.1) is 25.3 Å². The summed E-state index contributed by atoms with van der Waals surface area (Å²) in [6, 6.07) is 0. The molecule has 2 aliphatic heterocycles. The first-order valence-corrected chi connectivity index (χ1v) is 7.12. The summed E-state index contributed by atoms with van der Waals surface area (Å²) < 4.78 is 4.34. The molecule has 0 amide bonds. The van der Waals surface area contributed by atoms with Crippen molar-refractivity contribution < 1.29 is 0 Å². The molecule has 0 fully saturated rings. The zero-order valence-corrected chi connectivity index (χ0v) is 11.9. The summed E-state index contributed by atoms with van der Waals surface area (Å²) in [4.78, 5) is 8.44. The minimum Gasteiger partial charge on any atom is -0.334 e. The maximum atomic E-state index is 4.22. The number of aryl methyl sites for hydroxylation is 4. The fourth-order valence-corrected chi connectivity index (χ4v) is 2.99. The number of nitrogens with zero attached hydrogens (tertiary/aromatic N) is 4. The summed E-state index contributed by atoms with van der Waals surface area (Å²) in [5.41, 5.74) is 0. The van der Waals surface area contributed by atoms with E-state index in [2.05, 4.69) is 44.4 Å². The summed E-state index contributed by atoms with van der Waals surface area (Å²) in [6.45, 7) is 2.26. The third kappa shape index (κ3) is 2.44. The number of thiol groups is 2. The van der Waals surface area contributed by atoms with Gasteiger partial charge < -0.3 is 9.13 Å². The van der Waals surface area contributed by atoms with Crippen molar-refractivity contribution >= 4 is 25.3 Å². The number of imidazole rings is 2. The average molecular weight is 280 g/mol. The Hall–Kier alpha value is -0.880. The molecule has 2 aliphatic rings. The zero-order valence-electron chi connectivity index (χ0n) is 10.1. The zero-order chi connectivity index (χ0) is 12.5. The van der Waals surface area contributed by atoms with E-state index < -0.39 is 0 Å². The Morgan fingerprint density at radius 3 is 1.67 bits per heavy atom. The van der Waals surface area contributed by atoms with Crippen LogP contribution in [0.2, 0.25) is 0 Å². The molecule has 0 N–H and O–H groups in total. The summed E-state index contributed by atoms with van der Waals surface area (Å²) in [6.07, 6.45) is 8.73. The van der Waals surface area contributed by atoms with Gasteiger partial charge in [-0.2, -0.15) is 0 Å². The molecule has 0 unspecified atom stereocenters. The van der Waals surface area contributed by atoms with Crippen LogP contribution in [0.25, 0.3) is 0 Å². The van der Waals surface area contributed by atoms with E-state index >= 15 is 0 Å². The second-order valence-corrected chi connectivity index (χ2v) is 5.54. The maximum Gasteiger partial charge on any atom is 0.111 e. The lowest BCUT2D eigenvalue weighted by Crippen LogP contribution is -1.87. The van der Waals surface area contributed by atoms with Crippen molar-refractivity contribution in [2.24, 2.45) is 0 Å². The van der Waals surface area contributed by atoms with Crippen LogP contribution in [0, 0.1) is 0 Å². The van der Waals surface area contributed by atoms with E-state index in [9.17, 15) is 0 Å². The van der Waals surface area contributed by atoms with E-state index in [0.29, 0.717) is 0 Å². The Labute approximate surface area is 117 Å². The van der Waals surface area contributed by atoms with Crippen LogP contribution in [0.15, 0.2) is 22.4 Å². The van der Waals surface area contributed by atoms with Gasteiger partial charge in [-0.3, -0.25) is 0 Å². The van der Waals surface area contributed by atoms with Crippen molar-refractivity contribution in [3.63, 3.8) is 0 Å². The van der Waals surface area contributed by atoms with Gasteiger partial charge in [0.1, 0.15) is 21.7 Å². The molecule has 0 saturated heterocycles. The molecule has 0 atom stereocenters. The maximum absolute atomic E-state index is 4.22. The van der Waals surface area contributed by atoms with Crippen LogP contribution in [0.5, 0.6) is 0 Å². The summed E-state index contributed by atoms with van der Waals surface area (Å²) in [5, 5.41) is 1.70. The highest BCUT2D eigenvalue weighted by atomic mass is 32.1. The van der Waals surface area contributed by atoms with Crippen LogP contribution in [0.1, 0.15) is 24.5 Å². The van der Waals surface area contributed by atoms with Crippen LogP contribution in [-0.2, 0) is 25.9 Å². The summed E-state index contributed by atoms with van der Waals surface area (Å²) >= 11 is 8.26. The predicted octanol–water partition coefficient (Wildman–Crippen LogP) is 2.24. The molecule has 4 heterocycles. The van der Waals surface area contributed by atoms with Crippen molar-refractivity contribution in [2.45, 2.75) is 48.8 Å². The molecule has 0 aromatic carbocycles. The van der Waals surface area contributed by atoms with Crippen LogP contribution in [-0.4, -0.2) is 19.1 Å². The molecule has 0 bridgehead atoms. The van der Waals surface area contributed by atoms with E-state index in [-0.39, 0.29) is 0 Å². The third-order valence-electron chi connectivity index (χ3n) is 3.29. The van der Waals surface area contributed by atoms with Gasteiger partial charge in [0.15, 0.2) is 0 Å². The van der Waals surface area contributed by atoms with Crippen molar-refractivity contribution in [3.05, 3.63) is 24.0 Å². The molecule has 0 aliphatic carbocycles. The highest BCUT2D eigenvalue weighted by Gasteiger charge is 2.11. The van der Waals surface area contributed by atoms with E-state index in [1.165, 1.54) is 24.5 Å². The molecular formula is C12H16N4S2. The smallest absolute Gasteiger partial charge is 0.111 e. The fourth-order valence-electron chi connectivity index (χ4n) is 2.48. The quantitative estimate of drug-likeness (QED) is 0.726. The standard InChI is InChI=1S/2C6H8N2S/c2*9-6-4-8-3-1-2-5(8)7-6/h2*4,9H,1-3H2. The predicted molar refractivity (Wildman–Crippen MR) is 75.6 cm³/mol. The molecular weight excluding hydrogens is 264 g/mol. The van der Waals surface area contributed by atoms with Gasteiger partial charge in [0.2, 0.25) is 0 Å². The van der Waals surface area contributed by atoms with Gasteiger partial charge in [0.05, 0.1) is 0 Å². The fraction of sp³-hybridized carbons (Fsp3) is 0.500. The van der Waals surface area contributed by atoms with E-state index in [4.69, 9.17) is 0 Å². The molecule has 0 saturated carbocycles. The number of fused-ring (bicyclic) bond motifs is 2. The Balaban J connectivity index is 0.000000111. The molecule has 2 aromatic rings. The Morgan fingerprint density at radius 1 is 0.833 bits per heavy atom. The molecule has 4 nitrogen and oxygen atoms in total. The van der Waals surface area contributed by atoms with Crippen LogP contribution < -0.4 is 0 Å². The van der Waals surface area contributed by atoms with Crippen LogP contribution in [0.4, 0.5) is 0 Å². The van der Waals surface area contributed by atoms with Crippen molar-refractivity contribution in [3.8, 4) is 0 Å². The first kappa shape index (κ1) is 12.2. The van der Waals surface area contributed by atoms with E-state index in [1.807, 2.05) is 12.4 Å². The molecule has 0 spiro atoms. The first-order valence-electron chi connectivity index (χ1n) is 6.22. The minimum absolute atomic E-state index is 0.852. The first-order chi connectivity index (χ1) is 8.72.